The molecule has 0 radical (unpaired) electrons. The summed E-state index contributed by atoms with van der Waals surface area (Å²) in [7, 11) is 0. The van der Waals surface area contributed by atoms with Crippen LogP contribution in [-0.4, -0.2) is 16.5 Å². The molecule has 3 aliphatic carbocycles. The normalized spacial score (nSPS) is 62.5. The van der Waals surface area contributed by atoms with Crippen LogP contribution in [0.3, 0.4) is 0 Å². The fourth-order valence-corrected chi connectivity index (χ4v) is 5.50. The molecule has 0 heterocycles. The second kappa shape index (κ2) is 2.92. The van der Waals surface area contributed by atoms with Gasteiger partial charge in [0.15, 0.2) is 0 Å². The SMILES string of the molecule is C[C@H]1CC[C@@H]2[C@H]1C(=O)[C@H]1C(Cl)C(Cl)[C@@]21C. The van der Waals surface area contributed by atoms with E-state index < -0.39 is 0 Å². The lowest BCUT2D eigenvalue weighted by atomic mass is 9.58. The van der Waals surface area contributed by atoms with E-state index in [0.29, 0.717) is 17.6 Å². The molecule has 3 heteroatoms. The van der Waals surface area contributed by atoms with Crippen LogP contribution in [0.2, 0.25) is 0 Å². The molecule has 84 valence electrons. The summed E-state index contributed by atoms with van der Waals surface area (Å²) < 4.78 is 0. The predicted molar refractivity (Wildman–Crippen MR) is 61.3 cm³/mol. The largest absolute Gasteiger partial charge is 0.299 e. The van der Waals surface area contributed by atoms with Gasteiger partial charge < -0.3 is 0 Å². The quantitative estimate of drug-likeness (QED) is 0.601. The van der Waals surface area contributed by atoms with Crippen LogP contribution < -0.4 is 0 Å². The minimum Gasteiger partial charge on any atom is -0.299 e. The van der Waals surface area contributed by atoms with Gasteiger partial charge in [-0.1, -0.05) is 13.8 Å². The van der Waals surface area contributed by atoms with Crippen molar-refractivity contribution >= 4 is 29.0 Å². The smallest absolute Gasteiger partial charge is 0.141 e. The summed E-state index contributed by atoms with van der Waals surface area (Å²) in [5.41, 5.74) is 0.000478. The fraction of sp³-hybridized carbons (Fsp3) is 0.917. The monoisotopic (exact) mass is 246 g/mol. The highest BCUT2D eigenvalue weighted by Gasteiger charge is 2.72. The standard InChI is InChI=1S/C12H16Cl2O/c1-5-3-4-6-7(5)10(15)8-9(13)11(14)12(6,8)2/h5-9,11H,3-4H2,1-2H3/t5-,6+,7-,8+,9?,11?,12-/m0/s1. The van der Waals surface area contributed by atoms with Crippen molar-refractivity contribution in [2.24, 2.45) is 29.1 Å². The molecule has 0 aromatic carbocycles. The molecule has 3 fully saturated rings. The van der Waals surface area contributed by atoms with E-state index in [2.05, 4.69) is 13.8 Å². The van der Waals surface area contributed by atoms with Gasteiger partial charge in [-0.2, -0.15) is 0 Å². The molecule has 0 N–H and O–H groups in total. The number of alkyl halides is 2. The molecule has 3 aliphatic rings. The lowest BCUT2D eigenvalue weighted by molar-refractivity contribution is -0.128. The molecule has 15 heavy (non-hydrogen) atoms. The molecule has 2 unspecified atom stereocenters. The van der Waals surface area contributed by atoms with Gasteiger partial charge in [-0.25, -0.2) is 0 Å². The van der Waals surface area contributed by atoms with Crippen molar-refractivity contribution in [1.29, 1.82) is 0 Å². The zero-order valence-electron chi connectivity index (χ0n) is 9.04. The van der Waals surface area contributed by atoms with E-state index in [4.69, 9.17) is 23.2 Å². The first-order valence-electron chi connectivity index (χ1n) is 5.81. The lowest BCUT2D eigenvalue weighted by Crippen LogP contribution is -2.59. The third-order valence-corrected chi connectivity index (χ3v) is 6.65. The van der Waals surface area contributed by atoms with E-state index in [-0.39, 0.29) is 28.0 Å². The number of carbonyl (C=O) groups excluding carboxylic acids is 1. The summed E-state index contributed by atoms with van der Waals surface area (Å²) in [6.07, 6.45) is 2.34. The maximum absolute atomic E-state index is 12.3. The van der Waals surface area contributed by atoms with Crippen LogP contribution in [0, 0.1) is 29.1 Å². The molecule has 3 saturated carbocycles. The van der Waals surface area contributed by atoms with Crippen molar-refractivity contribution in [2.45, 2.75) is 37.4 Å². The van der Waals surface area contributed by atoms with Crippen LogP contribution in [0.25, 0.3) is 0 Å². The summed E-state index contributed by atoms with van der Waals surface area (Å²) in [5.74, 6) is 1.74. The zero-order chi connectivity index (χ0) is 11.0. The molecule has 0 spiro atoms. The predicted octanol–water partition coefficient (Wildman–Crippen LogP) is 3.08. The Kier molecular flexibility index (Phi) is 2.03. The zero-order valence-corrected chi connectivity index (χ0v) is 10.6. The first kappa shape index (κ1) is 10.4. The second-order valence-electron chi connectivity index (χ2n) is 5.78. The number of hydrogen-bond acceptors (Lipinski definition) is 1. The number of hydrogen-bond donors (Lipinski definition) is 0. The van der Waals surface area contributed by atoms with Crippen LogP contribution in [0.15, 0.2) is 0 Å². The molecule has 0 aromatic rings. The van der Waals surface area contributed by atoms with Crippen LogP contribution in [0.4, 0.5) is 0 Å². The van der Waals surface area contributed by atoms with Gasteiger partial charge in [0.2, 0.25) is 0 Å². The maximum atomic E-state index is 12.3. The Morgan fingerprint density at radius 1 is 1.33 bits per heavy atom. The minimum absolute atomic E-state index is 0.000478. The topological polar surface area (TPSA) is 17.1 Å². The molecule has 0 bridgehead atoms. The van der Waals surface area contributed by atoms with Gasteiger partial charge in [0.05, 0.1) is 10.8 Å². The molecule has 1 nitrogen and oxygen atoms in total. The third kappa shape index (κ3) is 0.958. The van der Waals surface area contributed by atoms with Crippen molar-refractivity contribution in [3.63, 3.8) is 0 Å². The molecule has 0 aromatic heterocycles. The summed E-state index contributed by atoms with van der Waals surface area (Å²) in [6, 6.07) is 0. The van der Waals surface area contributed by atoms with Gasteiger partial charge in [-0.15, -0.1) is 23.2 Å². The van der Waals surface area contributed by atoms with Crippen LogP contribution >= 0.6 is 23.2 Å². The number of fused-ring (bicyclic) bond motifs is 3. The van der Waals surface area contributed by atoms with Crippen molar-refractivity contribution in [3.05, 3.63) is 0 Å². The Hall–Kier alpha value is 0.250. The first-order chi connectivity index (χ1) is 6.99. The Morgan fingerprint density at radius 2 is 2.00 bits per heavy atom. The molecular formula is C12H16Cl2O. The average Bonchev–Trinajstić information content (AvgIpc) is 2.66. The van der Waals surface area contributed by atoms with Crippen LogP contribution in [0.1, 0.15) is 26.7 Å². The Labute approximate surface area is 101 Å². The van der Waals surface area contributed by atoms with Crippen molar-refractivity contribution in [3.8, 4) is 0 Å². The van der Waals surface area contributed by atoms with E-state index in [1.807, 2.05) is 0 Å². The summed E-state index contributed by atoms with van der Waals surface area (Å²) in [5, 5.41) is -0.129. The number of ketones is 1. The molecule has 0 aliphatic heterocycles. The number of halogens is 2. The number of carbonyl (C=O) groups is 1. The second-order valence-corrected chi connectivity index (χ2v) is 6.75. The summed E-state index contributed by atoms with van der Waals surface area (Å²) >= 11 is 12.5. The van der Waals surface area contributed by atoms with E-state index in [9.17, 15) is 4.79 Å². The van der Waals surface area contributed by atoms with Crippen LogP contribution in [0.5, 0.6) is 0 Å². The molecule has 3 rings (SSSR count). The van der Waals surface area contributed by atoms with Gasteiger partial charge in [-0.3, -0.25) is 4.79 Å². The van der Waals surface area contributed by atoms with Crippen molar-refractivity contribution in [2.75, 3.05) is 0 Å². The van der Waals surface area contributed by atoms with E-state index in [1.54, 1.807) is 0 Å². The van der Waals surface area contributed by atoms with E-state index in [0.717, 1.165) is 6.42 Å². The molecule has 7 atom stereocenters. The highest BCUT2D eigenvalue weighted by molar-refractivity contribution is 6.33. The highest BCUT2D eigenvalue weighted by Crippen LogP contribution is 2.68. The Balaban J connectivity index is 2.02. The Morgan fingerprint density at radius 3 is 2.67 bits per heavy atom. The maximum Gasteiger partial charge on any atom is 0.141 e. The van der Waals surface area contributed by atoms with Gasteiger partial charge in [-0.05, 0) is 24.7 Å². The summed E-state index contributed by atoms with van der Waals surface area (Å²) in [6.45, 7) is 4.37. The van der Waals surface area contributed by atoms with Crippen molar-refractivity contribution < 1.29 is 4.79 Å². The fourth-order valence-electron chi connectivity index (χ4n) is 4.39. The number of Topliss-reactive ketones (excluding diaryl/α,β-unsaturated/α-hetero) is 1. The van der Waals surface area contributed by atoms with Gasteiger partial charge in [0.1, 0.15) is 5.78 Å². The minimum atomic E-state index is -0.123. The van der Waals surface area contributed by atoms with Gasteiger partial charge in [0, 0.05) is 17.3 Å². The lowest BCUT2D eigenvalue weighted by Gasteiger charge is -2.52. The van der Waals surface area contributed by atoms with Gasteiger partial charge >= 0.3 is 0 Å². The van der Waals surface area contributed by atoms with E-state index in [1.165, 1.54) is 6.42 Å². The molecule has 0 saturated heterocycles. The van der Waals surface area contributed by atoms with Crippen molar-refractivity contribution in [1.82, 2.24) is 0 Å². The van der Waals surface area contributed by atoms with Crippen LogP contribution in [-0.2, 0) is 4.79 Å². The molecular weight excluding hydrogens is 231 g/mol. The third-order valence-electron chi connectivity index (χ3n) is 5.28. The summed E-state index contributed by atoms with van der Waals surface area (Å²) in [4.78, 5) is 12.3. The highest BCUT2D eigenvalue weighted by atomic mass is 35.5. The Bertz CT molecular complexity index is 326. The van der Waals surface area contributed by atoms with Gasteiger partial charge in [0.25, 0.3) is 0 Å². The number of rotatable bonds is 0. The molecule has 0 amide bonds. The first-order valence-corrected chi connectivity index (χ1v) is 6.68. The average molecular weight is 247 g/mol. The van der Waals surface area contributed by atoms with E-state index >= 15 is 0 Å².